The first-order chi connectivity index (χ1) is 7.95. The maximum Gasteiger partial charge on any atom is 0.323 e. The van der Waals surface area contributed by atoms with Crippen LogP contribution in [-0.4, -0.2) is 19.1 Å². The molecule has 1 rings (SSSR count). The number of carbonyl (C=O) groups excluding carboxylic acids is 1. The molecule has 1 N–H and O–H groups in total. The Labute approximate surface area is 117 Å². The van der Waals surface area contributed by atoms with Crippen LogP contribution < -0.4 is 5.32 Å². The van der Waals surface area contributed by atoms with Gasteiger partial charge in [-0.05, 0) is 43.8 Å². The monoisotopic (exact) mass is 367 g/mol. The van der Waals surface area contributed by atoms with Crippen LogP contribution in [0.2, 0.25) is 0 Å². The summed E-state index contributed by atoms with van der Waals surface area (Å²) in [6.07, 6.45) is 0. The molecule has 1 atom stereocenters. The zero-order valence-electron chi connectivity index (χ0n) is 9.92. The van der Waals surface area contributed by atoms with Crippen molar-refractivity contribution in [1.29, 1.82) is 0 Å². The molecule has 0 aliphatic carbocycles. The lowest BCUT2D eigenvalue weighted by Gasteiger charge is -2.18. The summed E-state index contributed by atoms with van der Waals surface area (Å²) in [5.74, 6) is 0.646. The van der Waals surface area contributed by atoms with E-state index in [0.717, 1.165) is 10.2 Å². The lowest BCUT2D eigenvalue weighted by Crippen LogP contribution is -2.41. The van der Waals surface area contributed by atoms with Crippen LogP contribution in [0.15, 0.2) is 19.6 Å². The maximum absolute atomic E-state index is 11.5. The smallest absolute Gasteiger partial charge is 0.323 e. The van der Waals surface area contributed by atoms with Gasteiger partial charge < -0.3 is 9.15 Å². The third-order valence-corrected chi connectivity index (χ3v) is 4.02. The SMILES string of the molecule is COC(=O)C(NCc1cc(Br)c(Br)o1)C(C)C. The number of carbonyl (C=O) groups is 1. The number of hydrogen-bond donors (Lipinski definition) is 1. The fourth-order valence-corrected chi connectivity index (χ4v) is 2.07. The van der Waals surface area contributed by atoms with E-state index in [2.05, 4.69) is 37.2 Å². The first-order valence-electron chi connectivity index (χ1n) is 5.20. The summed E-state index contributed by atoms with van der Waals surface area (Å²) in [4.78, 5) is 11.5. The number of nitrogens with one attached hydrogen (secondary N) is 1. The van der Waals surface area contributed by atoms with Gasteiger partial charge in [0.1, 0.15) is 11.8 Å². The van der Waals surface area contributed by atoms with Crippen LogP contribution in [0, 0.1) is 5.92 Å². The van der Waals surface area contributed by atoms with Crippen LogP contribution >= 0.6 is 31.9 Å². The second-order valence-electron chi connectivity index (χ2n) is 3.96. The molecular formula is C11H15Br2NO3. The van der Waals surface area contributed by atoms with Crippen molar-refractivity contribution < 1.29 is 13.9 Å². The minimum absolute atomic E-state index is 0.157. The van der Waals surface area contributed by atoms with Gasteiger partial charge >= 0.3 is 5.97 Å². The molecule has 1 aromatic rings. The number of furan rings is 1. The minimum Gasteiger partial charge on any atom is -0.468 e. The molecule has 0 aliphatic rings. The van der Waals surface area contributed by atoms with Gasteiger partial charge in [0.25, 0.3) is 0 Å². The third kappa shape index (κ3) is 4.12. The molecule has 0 aromatic carbocycles. The van der Waals surface area contributed by atoms with Crippen molar-refractivity contribution in [2.24, 2.45) is 5.92 Å². The molecule has 1 heterocycles. The van der Waals surface area contributed by atoms with Crippen molar-refractivity contribution in [2.45, 2.75) is 26.4 Å². The quantitative estimate of drug-likeness (QED) is 0.811. The number of ether oxygens (including phenoxy) is 1. The summed E-state index contributed by atoms with van der Waals surface area (Å²) < 4.78 is 11.7. The summed E-state index contributed by atoms with van der Waals surface area (Å²) in [6, 6.07) is 1.52. The zero-order valence-corrected chi connectivity index (χ0v) is 13.1. The van der Waals surface area contributed by atoms with Gasteiger partial charge in [-0.1, -0.05) is 13.8 Å². The van der Waals surface area contributed by atoms with Gasteiger partial charge in [-0.25, -0.2) is 0 Å². The molecule has 0 spiro atoms. The highest BCUT2D eigenvalue weighted by atomic mass is 79.9. The molecule has 17 heavy (non-hydrogen) atoms. The number of rotatable bonds is 5. The van der Waals surface area contributed by atoms with E-state index in [1.54, 1.807) is 0 Å². The summed E-state index contributed by atoms with van der Waals surface area (Å²) in [7, 11) is 1.39. The fourth-order valence-electron chi connectivity index (χ4n) is 1.41. The van der Waals surface area contributed by atoms with E-state index in [1.807, 2.05) is 19.9 Å². The van der Waals surface area contributed by atoms with E-state index < -0.39 is 0 Å². The van der Waals surface area contributed by atoms with Gasteiger partial charge in [0, 0.05) is 0 Å². The molecule has 0 fully saturated rings. The third-order valence-electron chi connectivity index (χ3n) is 2.31. The number of hydrogen-bond acceptors (Lipinski definition) is 4. The van der Waals surface area contributed by atoms with Crippen LogP contribution in [0.5, 0.6) is 0 Å². The van der Waals surface area contributed by atoms with E-state index in [0.29, 0.717) is 11.2 Å². The van der Waals surface area contributed by atoms with Gasteiger partial charge in [-0.3, -0.25) is 10.1 Å². The van der Waals surface area contributed by atoms with E-state index in [1.165, 1.54) is 7.11 Å². The largest absolute Gasteiger partial charge is 0.468 e. The number of halogens is 2. The average molecular weight is 369 g/mol. The van der Waals surface area contributed by atoms with Crippen LogP contribution in [0.25, 0.3) is 0 Å². The number of esters is 1. The Balaban J connectivity index is 2.61. The second kappa shape index (κ2) is 6.56. The van der Waals surface area contributed by atoms with Crippen molar-refractivity contribution in [3.05, 3.63) is 21.0 Å². The highest BCUT2D eigenvalue weighted by Crippen LogP contribution is 2.26. The highest BCUT2D eigenvalue weighted by molar-refractivity contribution is 9.13. The first-order valence-corrected chi connectivity index (χ1v) is 6.79. The average Bonchev–Trinajstić information content (AvgIpc) is 2.57. The molecule has 0 aliphatic heterocycles. The molecule has 1 unspecified atom stereocenters. The van der Waals surface area contributed by atoms with Gasteiger partial charge in [0.2, 0.25) is 0 Å². The Bertz CT molecular complexity index is 371. The minimum atomic E-state index is -0.331. The summed E-state index contributed by atoms with van der Waals surface area (Å²) in [6.45, 7) is 4.40. The second-order valence-corrected chi connectivity index (χ2v) is 5.53. The molecule has 1 aromatic heterocycles. The molecule has 0 radical (unpaired) electrons. The van der Waals surface area contributed by atoms with E-state index in [-0.39, 0.29) is 17.9 Å². The molecule has 0 saturated heterocycles. The Morgan fingerprint density at radius 3 is 2.59 bits per heavy atom. The highest BCUT2D eigenvalue weighted by Gasteiger charge is 2.22. The summed E-state index contributed by atoms with van der Waals surface area (Å²) in [5.41, 5.74) is 0. The molecule has 0 amide bonds. The van der Waals surface area contributed by atoms with E-state index >= 15 is 0 Å². The Hall–Kier alpha value is -0.330. The van der Waals surface area contributed by atoms with Crippen LogP contribution in [0.3, 0.4) is 0 Å². The predicted molar refractivity (Wildman–Crippen MR) is 71.6 cm³/mol. The van der Waals surface area contributed by atoms with Crippen molar-refractivity contribution in [3.8, 4) is 0 Å². The van der Waals surface area contributed by atoms with Gasteiger partial charge in [-0.2, -0.15) is 0 Å². The Morgan fingerprint density at radius 1 is 1.53 bits per heavy atom. The fraction of sp³-hybridized carbons (Fsp3) is 0.545. The molecule has 4 nitrogen and oxygen atoms in total. The zero-order chi connectivity index (χ0) is 13.0. The van der Waals surface area contributed by atoms with Crippen molar-refractivity contribution in [3.63, 3.8) is 0 Å². The molecular weight excluding hydrogens is 354 g/mol. The molecule has 0 saturated carbocycles. The topological polar surface area (TPSA) is 51.5 Å². The lowest BCUT2D eigenvalue weighted by atomic mass is 10.0. The van der Waals surface area contributed by atoms with E-state index in [4.69, 9.17) is 9.15 Å². The normalized spacial score (nSPS) is 12.8. The van der Waals surface area contributed by atoms with Crippen LogP contribution in [0.1, 0.15) is 19.6 Å². The Morgan fingerprint density at radius 2 is 2.18 bits per heavy atom. The van der Waals surface area contributed by atoms with Crippen LogP contribution in [-0.2, 0) is 16.1 Å². The standard InChI is InChI=1S/C11H15Br2NO3/c1-6(2)9(11(15)16-3)14-5-7-4-8(12)10(13)17-7/h4,6,9,14H,5H2,1-3H3. The number of methoxy groups -OCH3 is 1. The summed E-state index contributed by atoms with van der Waals surface area (Å²) >= 11 is 6.60. The lowest BCUT2D eigenvalue weighted by molar-refractivity contribution is -0.144. The molecule has 96 valence electrons. The van der Waals surface area contributed by atoms with Gasteiger partial charge in [0.15, 0.2) is 4.67 Å². The molecule has 6 heteroatoms. The predicted octanol–water partition coefficient (Wildman–Crippen LogP) is 3.09. The van der Waals surface area contributed by atoms with Crippen molar-refractivity contribution in [1.82, 2.24) is 5.32 Å². The maximum atomic E-state index is 11.5. The first kappa shape index (κ1) is 14.7. The van der Waals surface area contributed by atoms with E-state index in [9.17, 15) is 4.79 Å². The molecule has 0 bridgehead atoms. The van der Waals surface area contributed by atoms with Crippen LogP contribution in [0.4, 0.5) is 0 Å². The van der Waals surface area contributed by atoms with Gasteiger partial charge in [-0.15, -0.1) is 0 Å². The van der Waals surface area contributed by atoms with Crippen molar-refractivity contribution >= 4 is 37.8 Å². The van der Waals surface area contributed by atoms with Gasteiger partial charge in [0.05, 0.1) is 18.1 Å². The Kier molecular flexibility index (Phi) is 5.69. The summed E-state index contributed by atoms with van der Waals surface area (Å²) in [5, 5.41) is 3.12. The van der Waals surface area contributed by atoms with Crippen molar-refractivity contribution in [2.75, 3.05) is 7.11 Å².